The second-order valence-electron chi connectivity index (χ2n) is 7.67. The number of nitrogens with one attached hydrogen (secondary N) is 2. The number of methoxy groups -OCH3 is 1. The number of anilines is 2. The zero-order valence-electron chi connectivity index (χ0n) is 18.1. The van der Waals surface area contributed by atoms with Gasteiger partial charge in [0.15, 0.2) is 5.69 Å². The van der Waals surface area contributed by atoms with Gasteiger partial charge in [-0.1, -0.05) is 42.1 Å². The Balaban J connectivity index is 1.59. The van der Waals surface area contributed by atoms with Crippen LogP contribution in [0.3, 0.4) is 0 Å². The average Bonchev–Trinajstić information content (AvgIpc) is 3.55. The van der Waals surface area contributed by atoms with E-state index < -0.39 is 11.2 Å². The summed E-state index contributed by atoms with van der Waals surface area (Å²) in [5.41, 5.74) is 5.63. The molecule has 4 rings (SSSR count). The monoisotopic (exact) mass is 471 g/mol. The highest BCUT2D eigenvalue weighted by Crippen LogP contribution is 2.38. The van der Waals surface area contributed by atoms with Crippen LogP contribution in [0, 0.1) is 0 Å². The fraction of sp³-hybridized carbons (Fsp3) is 0.381. The van der Waals surface area contributed by atoms with Crippen molar-refractivity contribution in [2.45, 2.75) is 30.5 Å². The van der Waals surface area contributed by atoms with Crippen LogP contribution in [0.1, 0.15) is 30.1 Å². The first-order chi connectivity index (χ1) is 16.0. The van der Waals surface area contributed by atoms with E-state index in [1.165, 1.54) is 28.3 Å². The van der Waals surface area contributed by atoms with Gasteiger partial charge in [-0.15, -0.1) is 5.10 Å². The van der Waals surface area contributed by atoms with E-state index in [4.69, 9.17) is 10.5 Å². The first kappa shape index (κ1) is 22.8. The van der Waals surface area contributed by atoms with E-state index >= 15 is 0 Å². The molecule has 0 bridgehead atoms. The number of thioether (sulfide) groups is 1. The maximum Gasteiger partial charge on any atom is 0.330 e. The van der Waals surface area contributed by atoms with Gasteiger partial charge >= 0.3 is 5.69 Å². The lowest BCUT2D eigenvalue weighted by atomic mass is 10.2. The summed E-state index contributed by atoms with van der Waals surface area (Å²) in [7, 11) is 1.49. The molecule has 0 unspecified atom stereocenters. The number of nitrogen functional groups attached to an aromatic ring is 1. The molecule has 2 heterocycles. The molecule has 0 saturated heterocycles. The van der Waals surface area contributed by atoms with Gasteiger partial charge in [0, 0.05) is 19.6 Å². The number of hydrogen-bond donors (Lipinski definition) is 3. The van der Waals surface area contributed by atoms with E-state index in [1.807, 2.05) is 30.3 Å². The van der Waals surface area contributed by atoms with E-state index in [0.717, 1.165) is 24.2 Å². The highest BCUT2D eigenvalue weighted by atomic mass is 32.2. The molecule has 0 atom stereocenters. The van der Waals surface area contributed by atoms with Gasteiger partial charge in [-0.05, 0) is 18.4 Å². The lowest BCUT2D eigenvalue weighted by molar-refractivity contribution is -0.116. The minimum Gasteiger partial charge on any atom is -0.383 e. The number of benzene rings is 1. The van der Waals surface area contributed by atoms with Crippen molar-refractivity contribution in [1.29, 1.82) is 0 Å². The van der Waals surface area contributed by atoms with Crippen molar-refractivity contribution in [2.75, 3.05) is 36.6 Å². The number of aromatic nitrogens is 5. The van der Waals surface area contributed by atoms with Crippen LogP contribution in [0.25, 0.3) is 0 Å². The van der Waals surface area contributed by atoms with Crippen molar-refractivity contribution >= 4 is 29.2 Å². The number of aromatic amines is 2. The van der Waals surface area contributed by atoms with E-state index in [1.54, 1.807) is 0 Å². The predicted octanol–water partition coefficient (Wildman–Crippen LogP) is 0.934. The molecule has 1 aliphatic rings. The molecule has 11 nitrogen and oxygen atoms in total. The largest absolute Gasteiger partial charge is 0.383 e. The standard InChI is InChI=1S/C21H25N7O4S/c1-32-10-9-27(15(29)12-33-20-23-18(25-26-20)14-7-8-14)16-17(22)28(21(31)24-19(16)30)11-13-5-3-2-4-6-13/h2-6,14H,7-12,22H2,1H3,(H,23,25,26)(H,24,30,31). The SMILES string of the molecule is COCCN(C(=O)CSc1n[nH]c(C2CC2)n1)c1c(N)n(Cc2ccccc2)c(=O)[nH]c1=O. The second-order valence-corrected chi connectivity index (χ2v) is 8.61. The number of carbonyl (C=O) groups is 1. The Labute approximate surface area is 193 Å². The normalized spacial score (nSPS) is 13.2. The third-order valence-corrected chi connectivity index (χ3v) is 6.09. The van der Waals surface area contributed by atoms with Gasteiger partial charge in [-0.25, -0.2) is 9.78 Å². The van der Waals surface area contributed by atoms with Crippen LogP contribution in [-0.4, -0.2) is 56.7 Å². The topological polar surface area (TPSA) is 152 Å². The average molecular weight is 472 g/mol. The fourth-order valence-electron chi connectivity index (χ4n) is 3.37. The summed E-state index contributed by atoms with van der Waals surface area (Å²) < 4.78 is 6.36. The lowest BCUT2D eigenvalue weighted by Crippen LogP contribution is -2.43. The molecule has 3 aromatic rings. The molecule has 1 amide bonds. The highest BCUT2D eigenvalue weighted by Gasteiger charge is 2.28. The number of carbonyl (C=O) groups excluding carboxylic acids is 1. The highest BCUT2D eigenvalue weighted by molar-refractivity contribution is 7.99. The molecule has 1 aliphatic carbocycles. The summed E-state index contributed by atoms with van der Waals surface area (Å²) >= 11 is 1.17. The maximum absolute atomic E-state index is 13.1. The Morgan fingerprint density at radius 1 is 1.30 bits per heavy atom. The van der Waals surface area contributed by atoms with Crippen molar-refractivity contribution in [3.8, 4) is 0 Å². The summed E-state index contributed by atoms with van der Waals surface area (Å²) in [4.78, 5) is 46.2. The number of rotatable bonds is 10. The zero-order valence-corrected chi connectivity index (χ0v) is 18.9. The number of H-pyrrole nitrogens is 2. The first-order valence-corrected chi connectivity index (χ1v) is 11.5. The Morgan fingerprint density at radius 2 is 2.06 bits per heavy atom. The molecule has 0 spiro atoms. The summed E-state index contributed by atoms with van der Waals surface area (Å²) in [5, 5.41) is 7.51. The van der Waals surface area contributed by atoms with Crippen molar-refractivity contribution in [3.63, 3.8) is 0 Å². The van der Waals surface area contributed by atoms with Gasteiger partial charge in [-0.2, -0.15) is 0 Å². The minimum atomic E-state index is -0.731. The first-order valence-electron chi connectivity index (χ1n) is 10.5. The van der Waals surface area contributed by atoms with Gasteiger partial charge in [0.2, 0.25) is 11.1 Å². The summed E-state index contributed by atoms with van der Waals surface area (Å²) in [6, 6.07) is 9.22. The molecule has 2 aromatic heterocycles. The second kappa shape index (κ2) is 10.0. The number of nitrogens with two attached hydrogens (primary N) is 1. The van der Waals surface area contributed by atoms with Gasteiger partial charge in [0.1, 0.15) is 11.6 Å². The van der Waals surface area contributed by atoms with Crippen molar-refractivity contribution < 1.29 is 9.53 Å². The molecule has 1 saturated carbocycles. The lowest BCUT2D eigenvalue weighted by Gasteiger charge is -2.24. The van der Waals surface area contributed by atoms with E-state index in [0.29, 0.717) is 11.1 Å². The molecular weight excluding hydrogens is 446 g/mol. The Morgan fingerprint density at radius 3 is 2.76 bits per heavy atom. The molecule has 4 N–H and O–H groups in total. The van der Waals surface area contributed by atoms with Crippen molar-refractivity contribution in [1.82, 2.24) is 24.7 Å². The molecule has 1 aromatic carbocycles. The smallest absolute Gasteiger partial charge is 0.330 e. The summed E-state index contributed by atoms with van der Waals surface area (Å²) in [6.07, 6.45) is 2.17. The van der Waals surface area contributed by atoms with Crippen LogP contribution in [0.5, 0.6) is 0 Å². The number of hydrogen-bond acceptors (Lipinski definition) is 8. The molecule has 174 valence electrons. The van der Waals surface area contributed by atoms with Gasteiger partial charge in [0.25, 0.3) is 5.56 Å². The van der Waals surface area contributed by atoms with Gasteiger partial charge < -0.3 is 15.4 Å². The van der Waals surface area contributed by atoms with Crippen LogP contribution in [0.2, 0.25) is 0 Å². The number of ether oxygens (including phenoxy) is 1. The molecule has 33 heavy (non-hydrogen) atoms. The molecule has 12 heteroatoms. The zero-order chi connectivity index (χ0) is 23.4. The molecular formula is C21H25N7O4S. The molecule has 0 radical (unpaired) electrons. The fourth-order valence-corrected chi connectivity index (χ4v) is 4.05. The summed E-state index contributed by atoms with van der Waals surface area (Å²) in [6.45, 7) is 0.422. The molecule has 1 fully saturated rings. The molecule has 0 aliphatic heterocycles. The van der Waals surface area contributed by atoms with Crippen LogP contribution in [0.4, 0.5) is 11.5 Å². The van der Waals surface area contributed by atoms with Crippen molar-refractivity contribution in [2.24, 2.45) is 0 Å². The quantitative estimate of drug-likeness (QED) is 0.369. The van der Waals surface area contributed by atoms with Crippen molar-refractivity contribution in [3.05, 3.63) is 62.6 Å². The minimum absolute atomic E-state index is 0.0115. The number of nitrogens with zero attached hydrogens (tertiary/aromatic N) is 4. The Hall–Kier alpha value is -3.38. The van der Waals surface area contributed by atoms with E-state index in [2.05, 4.69) is 20.2 Å². The third kappa shape index (κ3) is 5.34. The Kier molecular flexibility index (Phi) is 6.94. The van der Waals surface area contributed by atoms with Crippen LogP contribution >= 0.6 is 11.8 Å². The summed E-state index contributed by atoms with van der Waals surface area (Å²) in [5.74, 6) is 0.773. The van der Waals surface area contributed by atoms with E-state index in [9.17, 15) is 14.4 Å². The van der Waals surface area contributed by atoms with Gasteiger partial charge in [-0.3, -0.25) is 24.2 Å². The number of amides is 1. The van der Waals surface area contributed by atoms with Crippen LogP contribution in [0.15, 0.2) is 45.1 Å². The van der Waals surface area contributed by atoms with E-state index in [-0.39, 0.29) is 42.9 Å². The Bertz CT molecular complexity index is 1230. The van der Waals surface area contributed by atoms with Crippen LogP contribution < -0.4 is 21.9 Å². The maximum atomic E-state index is 13.1. The van der Waals surface area contributed by atoms with Crippen LogP contribution in [-0.2, 0) is 16.1 Å². The third-order valence-electron chi connectivity index (χ3n) is 5.26. The van der Waals surface area contributed by atoms with Gasteiger partial charge in [0.05, 0.1) is 18.9 Å². The predicted molar refractivity (Wildman–Crippen MR) is 125 cm³/mol.